The van der Waals surface area contributed by atoms with E-state index < -0.39 is 37.7 Å². The van der Waals surface area contributed by atoms with Crippen molar-refractivity contribution in [2.75, 3.05) is 0 Å². The van der Waals surface area contributed by atoms with Crippen LogP contribution in [0.2, 0.25) is 0 Å². The van der Waals surface area contributed by atoms with Gasteiger partial charge in [-0.05, 0) is 71.2 Å². The molecule has 0 bridgehead atoms. The van der Waals surface area contributed by atoms with Gasteiger partial charge in [0.25, 0.3) is 0 Å². The Labute approximate surface area is 229 Å². The van der Waals surface area contributed by atoms with E-state index in [9.17, 15) is 13.2 Å². The number of esters is 1. The summed E-state index contributed by atoms with van der Waals surface area (Å²) in [6, 6.07) is 15.1. The molecular formula is C31H46O4S2. The number of hydrogen-bond donors (Lipinski definition) is 0. The number of carbonyl (C=O) groups excluding carboxylic acids is 1. The third kappa shape index (κ3) is 10.1. The minimum atomic E-state index is -1.57. The first-order valence-electron chi connectivity index (χ1n) is 13.6. The van der Waals surface area contributed by atoms with Gasteiger partial charge in [0.1, 0.15) is 10.2 Å². The Morgan fingerprint density at radius 3 is 1.65 bits per heavy atom. The lowest BCUT2D eigenvalue weighted by atomic mass is 9.90. The molecule has 2 rings (SSSR count). The fourth-order valence-electron chi connectivity index (χ4n) is 4.36. The van der Waals surface area contributed by atoms with Gasteiger partial charge >= 0.3 is 5.97 Å². The monoisotopic (exact) mass is 546 g/mol. The van der Waals surface area contributed by atoms with Crippen LogP contribution < -0.4 is 0 Å². The largest absolute Gasteiger partial charge is 0.460 e. The van der Waals surface area contributed by atoms with Gasteiger partial charge in [-0.25, -0.2) is 0 Å². The highest BCUT2D eigenvalue weighted by atomic mass is 32.2. The number of unbranched alkanes of at least 4 members (excludes halogenated alkanes) is 5. The number of aryl methyl sites for hydroxylation is 2. The fourth-order valence-corrected chi connectivity index (χ4v) is 8.39. The summed E-state index contributed by atoms with van der Waals surface area (Å²) in [5.41, 5.74) is 1.52. The summed E-state index contributed by atoms with van der Waals surface area (Å²) >= 11 is 0. The Balaban J connectivity index is 2.47. The van der Waals surface area contributed by atoms with Crippen LogP contribution in [0.4, 0.5) is 0 Å². The molecule has 0 unspecified atom stereocenters. The molecule has 0 aliphatic rings. The minimum Gasteiger partial charge on any atom is -0.460 e. The van der Waals surface area contributed by atoms with E-state index in [1.54, 1.807) is 0 Å². The van der Waals surface area contributed by atoms with E-state index in [4.69, 9.17) is 4.74 Å². The van der Waals surface area contributed by atoms with Crippen molar-refractivity contribution in [3.05, 3.63) is 59.7 Å². The van der Waals surface area contributed by atoms with Crippen molar-refractivity contribution in [1.29, 1.82) is 0 Å². The SMILES string of the molecule is CCCCCCCC[C@@H](C([S@@](=O)c1ccc(C)cc1)[S@@](=O)c1ccc(C)cc1)[C@@H](C)C(=O)OC(C)(C)C. The molecule has 0 N–H and O–H groups in total. The Bertz CT molecular complexity index is 965. The van der Waals surface area contributed by atoms with Crippen LogP contribution in [-0.2, 0) is 31.1 Å². The van der Waals surface area contributed by atoms with Crippen LogP contribution in [0.3, 0.4) is 0 Å². The summed E-state index contributed by atoms with van der Waals surface area (Å²) < 4.78 is 33.3. The first-order valence-corrected chi connectivity index (χ1v) is 16.0. The first kappa shape index (κ1) is 31.4. The molecule has 0 aromatic heterocycles. The molecule has 0 aliphatic heterocycles. The maximum Gasteiger partial charge on any atom is 0.309 e. The fraction of sp³-hybridized carbons (Fsp3) is 0.581. The predicted octanol–water partition coefficient (Wildman–Crippen LogP) is 7.89. The molecule has 0 radical (unpaired) electrons. The molecule has 6 heteroatoms. The summed E-state index contributed by atoms with van der Waals surface area (Å²) in [7, 11) is -3.15. The summed E-state index contributed by atoms with van der Waals surface area (Å²) in [5, 5.41) is 0. The Morgan fingerprint density at radius 2 is 1.22 bits per heavy atom. The average Bonchev–Trinajstić information content (AvgIpc) is 2.84. The molecule has 4 atom stereocenters. The van der Waals surface area contributed by atoms with Crippen LogP contribution in [-0.4, -0.2) is 24.6 Å². The highest BCUT2D eigenvalue weighted by Gasteiger charge is 2.40. The topological polar surface area (TPSA) is 60.4 Å². The second kappa shape index (κ2) is 15.0. The van der Waals surface area contributed by atoms with Crippen molar-refractivity contribution in [3.63, 3.8) is 0 Å². The van der Waals surface area contributed by atoms with Gasteiger partial charge in [0, 0.05) is 9.79 Å². The van der Waals surface area contributed by atoms with E-state index in [0.29, 0.717) is 16.2 Å². The van der Waals surface area contributed by atoms with Crippen molar-refractivity contribution >= 4 is 27.6 Å². The molecule has 4 nitrogen and oxygen atoms in total. The van der Waals surface area contributed by atoms with E-state index in [2.05, 4.69) is 6.92 Å². The molecule has 0 aliphatic carbocycles. The van der Waals surface area contributed by atoms with Gasteiger partial charge in [0.15, 0.2) is 0 Å². The van der Waals surface area contributed by atoms with Gasteiger partial charge in [0.05, 0.1) is 27.5 Å². The smallest absolute Gasteiger partial charge is 0.309 e. The van der Waals surface area contributed by atoms with E-state index in [1.165, 1.54) is 19.3 Å². The van der Waals surface area contributed by atoms with Gasteiger partial charge in [-0.3, -0.25) is 13.2 Å². The van der Waals surface area contributed by atoms with E-state index in [-0.39, 0.29) is 11.9 Å². The number of rotatable bonds is 14. The number of hydrogen-bond acceptors (Lipinski definition) is 4. The van der Waals surface area contributed by atoms with Crippen LogP contribution >= 0.6 is 0 Å². The van der Waals surface area contributed by atoms with Crippen molar-refractivity contribution in [3.8, 4) is 0 Å². The second-order valence-corrected chi connectivity index (χ2v) is 14.6. The molecule has 0 saturated carbocycles. The summed E-state index contributed by atoms with van der Waals surface area (Å²) in [4.78, 5) is 14.5. The lowest BCUT2D eigenvalue weighted by Crippen LogP contribution is -2.39. The van der Waals surface area contributed by atoms with E-state index >= 15 is 0 Å². The molecule has 0 saturated heterocycles. The summed E-state index contributed by atoms with van der Waals surface area (Å²) in [6.45, 7) is 13.6. The minimum absolute atomic E-state index is 0.324. The van der Waals surface area contributed by atoms with Crippen molar-refractivity contribution in [1.82, 2.24) is 0 Å². The Hall–Kier alpha value is -1.79. The normalized spacial score (nSPS) is 15.2. The van der Waals surface area contributed by atoms with Gasteiger partial charge in [0.2, 0.25) is 0 Å². The zero-order valence-corrected chi connectivity index (χ0v) is 25.4. The third-order valence-corrected chi connectivity index (χ3v) is 10.7. The van der Waals surface area contributed by atoms with Crippen LogP contribution in [0, 0.1) is 25.7 Å². The maximum absolute atomic E-state index is 14.1. The van der Waals surface area contributed by atoms with Crippen molar-refractivity contribution in [2.24, 2.45) is 11.8 Å². The molecule has 0 spiro atoms. The van der Waals surface area contributed by atoms with Crippen LogP contribution in [0.1, 0.15) is 90.7 Å². The zero-order valence-electron chi connectivity index (χ0n) is 23.8. The standard InChI is InChI=1S/C31H46O4S2/c1-8-9-10-11-12-13-14-28(25(4)29(32)35-31(5,6)7)30(36(33)26-19-15-23(2)16-20-26)37(34)27-21-17-24(3)18-22-27/h15-22,25,28,30H,8-14H2,1-7H3/t25-,28-,36+,37+/m1/s1. The molecule has 0 fully saturated rings. The van der Waals surface area contributed by atoms with Crippen molar-refractivity contribution in [2.45, 2.75) is 113 Å². The lowest BCUT2D eigenvalue weighted by Gasteiger charge is -2.32. The van der Waals surface area contributed by atoms with E-state index in [1.807, 2.05) is 90.1 Å². The number of carbonyl (C=O) groups is 1. The van der Waals surface area contributed by atoms with E-state index in [0.717, 1.165) is 30.4 Å². The second-order valence-electron chi connectivity index (χ2n) is 11.1. The zero-order chi connectivity index (χ0) is 27.6. The van der Waals surface area contributed by atoms with Crippen molar-refractivity contribution < 1.29 is 17.9 Å². The summed E-state index contributed by atoms with van der Waals surface area (Å²) in [6.07, 6.45) is 7.34. The maximum atomic E-state index is 14.1. The number of benzene rings is 2. The molecule has 0 heterocycles. The predicted molar refractivity (Wildman–Crippen MR) is 155 cm³/mol. The van der Waals surface area contributed by atoms with Crippen LogP contribution in [0.25, 0.3) is 0 Å². The molecule has 2 aromatic rings. The molecule has 2 aromatic carbocycles. The molecule has 0 amide bonds. The molecular weight excluding hydrogens is 500 g/mol. The lowest BCUT2D eigenvalue weighted by molar-refractivity contribution is -0.161. The summed E-state index contributed by atoms with van der Waals surface area (Å²) in [5.74, 6) is -1.22. The van der Waals surface area contributed by atoms with Gasteiger partial charge in [-0.2, -0.15) is 0 Å². The first-order chi connectivity index (χ1) is 17.4. The third-order valence-electron chi connectivity index (χ3n) is 6.59. The van der Waals surface area contributed by atoms with Crippen LogP contribution in [0.15, 0.2) is 58.3 Å². The number of ether oxygens (including phenoxy) is 1. The van der Waals surface area contributed by atoms with Gasteiger partial charge in [-0.15, -0.1) is 0 Å². The Morgan fingerprint density at radius 1 is 0.784 bits per heavy atom. The van der Waals surface area contributed by atoms with Crippen LogP contribution in [0.5, 0.6) is 0 Å². The van der Waals surface area contributed by atoms with Gasteiger partial charge in [-0.1, -0.05) is 87.8 Å². The van der Waals surface area contributed by atoms with Gasteiger partial charge < -0.3 is 4.74 Å². The highest BCUT2D eigenvalue weighted by molar-refractivity contribution is 8.03. The quantitative estimate of drug-likeness (QED) is 0.179. The molecule has 37 heavy (non-hydrogen) atoms. The molecule has 206 valence electrons. The average molecular weight is 547 g/mol. The Kier molecular flexibility index (Phi) is 12.7. The highest BCUT2D eigenvalue weighted by Crippen LogP contribution is 2.35.